The Morgan fingerprint density at radius 1 is 1.03 bits per heavy atom. The van der Waals surface area contributed by atoms with Gasteiger partial charge in [0.05, 0.1) is 23.4 Å². The number of benzene rings is 3. The molecule has 0 aromatic heterocycles. The smallest absolute Gasteiger partial charge is 0.271 e. The van der Waals surface area contributed by atoms with Crippen LogP contribution in [0, 0.1) is 25.2 Å². The van der Waals surface area contributed by atoms with Crippen LogP contribution in [0.4, 0.5) is 11.4 Å². The summed E-state index contributed by atoms with van der Waals surface area (Å²) in [6.07, 6.45) is 1.81. The van der Waals surface area contributed by atoms with Gasteiger partial charge in [-0.1, -0.05) is 42.5 Å². The van der Waals surface area contributed by atoms with Crippen molar-refractivity contribution in [2.45, 2.75) is 13.8 Å². The van der Waals surface area contributed by atoms with Gasteiger partial charge in [0.15, 0.2) is 23.3 Å². The second kappa shape index (κ2) is 10.3. The van der Waals surface area contributed by atoms with Gasteiger partial charge in [0, 0.05) is 0 Å². The van der Waals surface area contributed by atoms with Crippen LogP contribution in [0.1, 0.15) is 16.7 Å². The van der Waals surface area contributed by atoms with Crippen LogP contribution >= 0.6 is 11.8 Å². The maximum atomic E-state index is 13.5. The molecular weight excluding hydrogens is 446 g/mol. The van der Waals surface area contributed by atoms with Crippen molar-refractivity contribution in [3.63, 3.8) is 0 Å². The van der Waals surface area contributed by atoms with Gasteiger partial charge in [-0.05, 0) is 72.6 Å². The van der Waals surface area contributed by atoms with Gasteiger partial charge < -0.3 is 9.47 Å². The molecule has 0 aliphatic carbocycles. The van der Waals surface area contributed by atoms with Crippen LogP contribution in [0.25, 0.3) is 6.08 Å². The average molecular weight is 470 g/mol. The second-order valence-electron chi connectivity index (χ2n) is 7.58. The number of nitriles is 1. The van der Waals surface area contributed by atoms with Crippen LogP contribution in [0.5, 0.6) is 11.5 Å². The largest absolute Gasteiger partial charge is 0.493 e. The highest BCUT2D eigenvalue weighted by Gasteiger charge is 2.35. The van der Waals surface area contributed by atoms with E-state index < -0.39 is 0 Å². The van der Waals surface area contributed by atoms with E-state index in [1.54, 1.807) is 17.0 Å². The number of aryl methyl sites for hydroxylation is 2. The fourth-order valence-electron chi connectivity index (χ4n) is 3.59. The highest BCUT2D eigenvalue weighted by atomic mass is 32.2. The summed E-state index contributed by atoms with van der Waals surface area (Å²) in [4.78, 5) is 20.6. The molecule has 0 bridgehead atoms. The summed E-state index contributed by atoms with van der Waals surface area (Å²) < 4.78 is 10.8. The fourth-order valence-corrected chi connectivity index (χ4v) is 4.57. The van der Waals surface area contributed by atoms with E-state index in [-0.39, 0.29) is 12.5 Å². The fraction of sp³-hybridized carbons (Fsp3) is 0.148. The maximum Gasteiger partial charge on any atom is 0.271 e. The molecule has 3 aromatic rings. The zero-order chi connectivity index (χ0) is 24.1. The Morgan fingerprint density at radius 3 is 2.44 bits per heavy atom. The number of hydrogen-bond acceptors (Lipinski definition) is 6. The lowest BCUT2D eigenvalue weighted by Crippen LogP contribution is -2.28. The highest BCUT2D eigenvalue weighted by molar-refractivity contribution is 8.19. The minimum absolute atomic E-state index is 0.0741. The molecule has 1 aliphatic heterocycles. The molecule has 1 aliphatic rings. The van der Waals surface area contributed by atoms with E-state index in [4.69, 9.17) is 19.7 Å². The SMILES string of the molecule is COc1cc(C=C2SC(=Nc3c(C)cccc3C)N(c3ccccc3)C2=O)ccc1OCC#N. The second-order valence-corrected chi connectivity index (χ2v) is 8.59. The first-order chi connectivity index (χ1) is 16.5. The number of anilines is 1. The topological polar surface area (TPSA) is 74.9 Å². The average Bonchev–Trinajstić information content (AvgIpc) is 3.15. The molecule has 0 saturated carbocycles. The molecule has 0 spiro atoms. The highest BCUT2D eigenvalue weighted by Crippen LogP contribution is 2.39. The van der Waals surface area contributed by atoms with Gasteiger partial charge in [0.25, 0.3) is 5.91 Å². The van der Waals surface area contributed by atoms with Crippen LogP contribution in [-0.4, -0.2) is 24.8 Å². The Kier molecular flexibility index (Phi) is 7.00. The normalized spacial score (nSPS) is 15.6. The summed E-state index contributed by atoms with van der Waals surface area (Å²) in [6.45, 7) is 3.95. The van der Waals surface area contributed by atoms with Gasteiger partial charge in [-0.25, -0.2) is 4.99 Å². The minimum Gasteiger partial charge on any atom is -0.493 e. The van der Waals surface area contributed by atoms with Gasteiger partial charge in [0.2, 0.25) is 0 Å². The Morgan fingerprint density at radius 2 is 1.76 bits per heavy atom. The van der Waals surface area contributed by atoms with Crippen molar-refractivity contribution in [2.24, 2.45) is 4.99 Å². The van der Waals surface area contributed by atoms with Crippen LogP contribution < -0.4 is 14.4 Å². The van der Waals surface area contributed by atoms with E-state index in [2.05, 4.69) is 0 Å². The first-order valence-corrected chi connectivity index (χ1v) is 11.4. The van der Waals surface area contributed by atoms with Crippen LogP contribution in [0.15, 0.2) is 76.6 Å². The molecule has 3 aromatic carbocycles. The van der Waals surface area contributed by atoms with Crippen molar-refractivity contribution in [1.82, 2.24) is 0 Å². The van der Waals surface area contributed by atoms with Gasteiger partial charge in [0.1, 0.15) is 6.07 Å². The number of aliphatic imine (C=N–C) groups is 1. The van der Waals surface area contributed by atoms with Crippen molar-refractivity contribution in [3.05, 3.63) is 88.3 Å². The maximum absolute atomic E-state index is 13.5. The van der Waals surface area contributed by atoms with Crippen LogP contribution in [0.3, 0.4) is 0 Å². The van der Waals surface area contributed by atoms with Gasteiger partial charge in [-0.15, -0.1) is 0 Å². The molecular formula is C27H23N3O3S. The number of nitrogens with zero attached hydrogens (tertiary/aromatic N) is 3. The lowest BCUT2D eigenvalue weighted by molar-refractivity contribution is -0.113. The molecule has 34 heavy (non-hydrogen) atoms. The van der Waals surface area contributed by atoms with Crippen molar-refractivity contribution in [3.8, 4) is 17.6 Å². The number of amides is 1. The first-order valence-electron chi connectivity index (χ1n) is 10.6. The predicted octanol–water partition coefficient (Wildman–Crippen LogP) is 6.02. The van der Waals surface area contributed by atoms with Crippen molar-refractivity contribution >= 4 is 40.3 Å². The molecule has 0 N–H and O–H groups in total. The van der Waals surface area contributed by atoms with Crippen LogP contribution in [-0.2, 0) is 4.79 Å². The zero-order valence-electron chi connectivity index (χ0n) is 19.1. The van der Waals surface area contributed by atoms with Crippen LogP contribution in [0.2, 0.25) is 0 Å². The summed E-state index contributed by atoms with van der Waals surface area (Å²) in [5.41, 5.74) is 4.48. The lowest BCUT2D eigenvalue weighted by atomic mass is 10.1. The number of ether oxygens (including phenoxy) is 2. The molecule has 170 valence electrons. The molecule has 0 unspecified atom stereocenters. The number of amidine groups is 1. The van der Waals surface area contributed by atoms with Gasteiger partial charge >= 0.3 is 0 Å². The van der Waals surface area contributed by atoms with E-state index in [1.165, 1.54) is 18.9 Å². The molecule has 0 atom stereocenters. The number of carbonyl (C=O) groups excluding carboxylic acids is 1. The molecule has 1 saturated heterocycles. The van der Waals surface area contributed by atoms with Gasteiger partial charge in [-0.2, -0.15) is 5.26 Å². The quantitative estimate of drug-likeness (QED) is 0.413. The van der Waals surface area contributed by atoms with Crippen molar-refractivity contribution in [1.29, 1.82) is 5.26 Å². The summed E-state index contributed by atoms with van der Waals surface area (Å²) in [5.74, 6) is 0.814. The number of carbonyl (C=O) groups is 1. The number of thioether (sulfide) groups is 1. The Hall–Kier alpha value is -4.02. The summed E-state index contributed by atoms with van der Waals surface area (Å²) in [6, 6.07) is 22.8. The Balaban J connectivity index is 1.76. The van der Waals surface area contributed by atoms with Crippen molar-refractivity contribution in [2.75, 3.05) is 18.6 Å². The molecule has 1 amide bonds. The third-order valence-electron chi connectivity index (χ3n) is 5.25. The third-order valence-corrected chi connectivity index (χ3v) is 6.21. The summed E-state index contributed by atoms with van der Waals surface area (Å²) in [5, 5.41) is 9.36. The number of hydrogen-bond donors (Lipinski definition) is 0. The number of para-hydroxylation sites is 2. The molecule has 1 heterocycles. The molecule has 0 radical (unpaired) electrons. The lowest BCUT2D eigenvalue weighted by Gasteiger charge is -2.16. The van der Waals surface area contributed by atoms with Gasteiger partial charge in [-0.3, -0.25) is 9.69 Å². The summed E-state index contributed by atoms with van der Waals surface area (Å²) in [7, 11) is 1.54. The molecule has 6 nitrogen and oxygen atoms in total. The predicted molar refractivity (Wildman–Crippen MR) is 137 cm³/mol. The standard InChI is InChI=1S/C27H23N3O3S/c1-18-8-7-9-19(2)25(18)29-27-30(21-10-5-4-6-11-21)26(31)24(34-27)17-20-12-13-22(33-15-14-28)23(16-20)32-3/h4-13,16-17H,15H2,1-3H3. The number of methoxy groups -OCH3 is 1. The first kappa shape index (κ1) is 23.1. The van der Waals surface area contributed by atoms with Crippen molar-refractivity contribution < 1.29 is 14.3 Å². The zero-order valence-corrected chi connectivity index (χ0v) is 19.9. The van der Waals surface area contributed by atoms with E-state index in [1.807, 2.05) is 80.6 Å². The monoisotopic (exact) mass is 469 g/mol. The Bertz CT molecular complexity index is 1310. The third kappa shape index (κ3) is 4.82. The summed E-state index contributed by atoms with van der Waals surface area (Å²) >= 11 is 1.33. The minimum atomic E-state index is -0.148. The van der Waals surface area contributed by atoms with E-state index in [0.717, 1.165) is 28.1 Å². The Labute approximate surface area is 203 Å². The molecule has 1 fully saturated rings. The number of rotatable bonds is 6. The molecule has 4 rings (SSSR count). The van der Waals surface area contributed by atoms with E-state index in [9.17, 15) is 4.79 Å². The van der Waals surface area contributed by atoms with E-state index >= 15 is 0 Å². The van der Waals surface area contributed by atoms with E-state index in [0.29, 0.717) is 21.6 Å². The molecule has 7 heteroatoms.